The summed E-state index contributed by atoms with van der Waals surface area (Å²) < 4.78 is 8.07. The lowest BCUT2D eigenvalue weighted by Crippen LogP contribution is -2.19. The first-order valence-corrected chi connectivity index (χ1v) is 15.4. The van der Waals surface area contributed by atoms with Crippen molar-refractivity contribution in [2.75, 3.05) is 17.2 Å². The van der Waals surface area contributed by atoms with Gasteiger partial charge in [-0.1, -0.05) is 26.0 Å². The average Bonchev–Trinajstić information content (AvgIpc) is 3.67. The Kier molecular flexibility index (Phi) is 7.93. The van der Waals surface area contributed by atoms with Crippen LogP contribution in [0.1, 0.15) is 56.2 Å². The highest BCUT2D eigenvalue weighted by molar-refractivity contribution is 6.07. The summed E-state index contributed by atoms with van der Waals surface area (Å²) in [4.78, 5) is 46.4. The molecule has 12 nitrogen and oxygen atoms in total. The van der Waals surface area contributed by atoms with Gasteiger partial charge in [-0.05, 0) is 61.1 Å². The molecule has 1 aromatic carbocycles. The maximum Gasteiger partial charge on any atom is 0.274 e. The van der Waals surface area contributed by atoms with E-state index in [1.165, 1.54) is 0 Å². The molecule has 1 saturated heterocycles. The molecule has 1 aliphatic rings. The normalized spacial score (nSPS) is 15.0. The largest absolute Gasteiger partial charge is 0.356 e. The Morgan fingerprint density at radius 1 is 1.02 bits per heavy atom. The first-order chi connectivity index (χ1) is 22.4. The number of nitrogens with one attached hydrogen (secondary N) is 3. The summed E-state index contributed by atoms with van der Waals surface area (Å²) in [6.07, 6.45) is 11.4. The van der Waals surface area contributed by atoms with Gasteiger partial charge in [0.2, 0.25) is 5.91 Å². The van der Waals surface area contributed by atoms with E-state index in [0.29, 0.717) is 47.0 Å². The zero-order valence-electron chi connectivity index (χ0n) is 25.5. The van der Waals surface area contributed by atoms with E-state index < -0.39 is 0 Å². The Bertz CT molecular complexity index is 2050. The van der Waals surface area contributed by atoms with Crippen LogP contribution in [0.25, 0.3) is 44.6 Å². The molecule has 0 radical (unpaired) electrons. The number of pyridine rings is 3. The first-order valence-electron chi connectivity index (χ1n) is 15.4. The second kappa shape index (κ2) is 12.5. The number of fused-ring (bicyclic) bond motifs is 2. The summed E-state index contributed by atoms with van der Waals surface area (Å²) in [5, 5.41) is 11.8. The van der Waals surface area contributed by atoms with Gasteiger partial charge in [0.25, 0.3) is 5.91 Å². The van der Waals surface area contributed by atoms with Crippen LogP contribution in [0.3, 0.4) is 0 Å². The predicted octanol–water partition coefficient (Wildman–Crippen LogP) is 6.37. The van der Waals surface area contributed by atoms with Crippen LogP contribution < -0.4 is 10.6 Å². The van der Waals surface area contributed by atoms with E-state index in [-0.39, 0.29) is 29.7 Å². The van der Waals surface area contributed by atoms with Gasteiger partial charge in [-0.15, -0.1) is 0 Å². The number of anilines is 2. The third-order valence-corrected chi connectivity index (χ3v) is 7.85. The molecule has 5 aromatic heterocycles. The van der Waals surface area contributed by atoms with Gasteiger partial charge < -0.3 is 20.4 Å². The summed E-state index contributed by atoms with van der Waals surface area (Å²) in [6, 6.07) is 13.2. The fraction of sp³-hybridized carbons (Fsp3) is 0.265. The van der Waals surface area contributed by atoms with Crippen molar-refractivity contribution < 1.29 is 14.3 Å². The minimum Gasteiger partial charge on any atom is -0.356 e. The molecule has 6 aromatic rings. The van der Waals surface area contributed by atoms with Crippen molar-refractivity contribution in [1.82, 2.24) is 34.7 Å². The van der Waals surface area contributed by atoms with Crippen molar-refractivity contribution in [3.05, 3.63) is 79.1 Å². The second-order valence-electron chi connectivity index (χ2n) is 11.8. The van der Waals surface area contributed by atoms with Gasteiger partial charge >= 0.3 is 0 Å². The summed E-state index contributed by atoms with van der Waals surface area (Å²) in [7, 11) is 0. The van der Waals surface area contributed by atoms with Crippen molar-refractivity contribution in [3.63, 3.8) is 0 Å². The monoisotopic (exact) mass is 615 g/mol. The SMILES string of the molecule is CC(C)CC(=O)Nc1cncc(-c2ccc3c(c2)c(-c2nc4c(NC(=O)c5ccccn5)cncc4[nH]2)nn3C2CCCCO2)c1. The fourth-order valence-corrected chi connectivity index (χ4v) is 5.70. The molecule has 1 atom stereocenters. The Balaban J connectivity index is 1.29. The molecule has 6 heterocycles. The number of H-pyrrole nitrogens is 1. The van der Waals surface area contributed by atoms with Crippen LogP contribution in [0.2, 0.25) is 0 Å². The molecular formula is C34H33N9O3. The van der Waals surface area contributed by atoms with Crippen molar-refractivity contribution in [2.45, 2.75) is 45.8 Å². The topological polar surface area (TPSA) is 153 Å². The van der Waals surface area contributed by atoms with Crippen LogP contribution in [0.5, 0.6) is 0 Å². The van der Waals surface area contributed by atoms with Crippen LogP contribution >= 0.6 is 0 Å². The molecule has 2 amide bonds. The van der Waals surface area contributed by atoms with Gasteiger partial charge in [0, 0.05) is 36.4 Å². The lowest BCUT2D eigenvalue weighted by molar-refractivity contribution is -0.116. The molecule has 1 aliphatic heterocycles. The molecule has 46 heavy (non-hydrogen) atoms. The standard InChI is InChI=1S/C34H33N9O3/c1-20(2)13-29(44)38-23-14-22(16-35-17-23)21-9-10-28-24(15-21)31(42-43(28)30-8-4-6-12-46-30)33-39-26-18-36-19-27(32(26)41-33)40-34(45)25-7-3-5-11-37-25/h3,5,7,9-11,14-20,30H,4,6,8,12-13H2,1-2H3,(H,38,44)(H,39,41)(H,40,45). The van der Waals surface area contributed by atoms with Gasteiger partial charge in [-0.2, -0.15) is 5.10 Å². The Morgan fingerprint density at radius 3 is 2.72 bits per heavy atom. The predicted molar refractivity (Wildman–Crippen MR) is 175 cm³/mol. The Hall–Kier alpha value is -5.49. The minimum atomic E-state index is -0.357. The van der Waals surface area contributed by atoms with Crippen LogP contribution in [0.4, 0.5) is 11.4 Å². The van der Waals surface area contributed by atoms with E-state index in [1.807, 2.05) is 36.7 Å². The zero-order valence-corrected chi connectivity index (χ0v) is 25.5. The van der Waals surface area contributed by atoms with Crippen LogP contribution in [-0.2, 0) is 9.53 Å². The summed E-state index contributed by atoms with van der Waals surface area (Å²) in [5.74, 6) is 0.379. The maximum atomic E-state index is 12.9. The quantitative estimate of drug-likeness (QED) is 0.179. The number of nitrogens with zero attached hydrogens (tertiary/aromatic N) is 6. The van der Waals surface area contributed by atoms with E-state index in [2.05, 4.69) is 36.6 Å². The molecule has 0 saturated carbocycles. The molecular weight excluding hydrogens is 582 g/mol. The molecule has 0 aliphatic carbocycles. The number of carbonyl (C=O) groups excluding carboxylic acids is 2. The molecule has 7 rings (SSSR count). The lowest BCUT2D eigenvalue weighted by Gasteiger charge is -2.23. The number of hydrogen-bond donors (Lipinski definition) is 3. The van der Waals surface area contributed by atoms with Crippen molar-refractivity contribution in [1.29, 1.82) is 0 Å². The number of aromatic nitrogens is 7. The summed E-state index contributed by atoms with van der Waals surface area (Å²) in [5.41, 5.74) is 5.89. The Labute approximate surface area is 264 Å². The number of rotatable bonds is 8. The van der Waals surface area contributed by atoms with Crippen molar-refractivity contribution >= 4 is 45.1 Å². The highest BCUT2D eigenvalue weighted by Crippen LogP contribution is 2.36. The van der Waals surface area contributed by atoms with Gasteiger partial charge in [0.15, 0.2) is 12.1 Å². The minimum absolute atomic E-state index is 0.0459. The Morgan fingerprint density at radius 2 is 1.91 bits per heavy atom. The molecule has 232 valence electrons. The van der Waals surface area contributed by atoms with E-state index in [0.717, 1.165) is 41.3 Å². The fourth-order valence-electron chi connectivity index (χ4n) is 5.70. The van der Waals surface area contributed by atoms with E-state index in [1.54, 1.807) is 49.2 Å². The van der Waals surface area contributed by atoms with Gasteiger partial charge in [0.05, 0.1) is 41.0 Å². The van der Waals surface area contributed by atoms with E-state index in [9.17, 15) is 9.59 Å². The first kappa shape index (κ1) is 29.2. The molecule has 0 spiro atoms. The third kappa shape index (κ3) is 5.94. The smallest absolute Gasteiger partial charge is 0.274 e. The highest BCUT2D eigenvalue weighted by Gasteiger charge is 2.24. The number of ether oxygens (including phenoxy) is 1. The van der Waals surface area contributed by atoms with Gasteiger partial charge in [-0.3, -0.25) is 24.5 Å². The van der Waals surface area contributed by atoms with E-state index >= 15 is 0 Å². The number of benzene rings is 1. The average molecular weight is 616 g/mol. The molecule has 0 bridgehead atoms. The highest BCUT2D eigenvalue weighted by atomic mass is 16.5. The van der Waals surface area contributed by atoms with Crippen LogP contribution in [0.15, 0.2) is 73.4 Å². The molecule has 12 heteroatoms. The maximum absolute atomic E-state index is 12.9. The van der Waals surface area contributed by atoms with E-state index in [4.69, 9.17) is 14.8 Å². The van der Waals surface area contributed by atoms with Crippen molar-refractivity contribution in [3.8, 4) is 22.6 Å². The molecule has 3 N–H and O–H groups in total. The van der Waals surface area contributed by atoms with Crippen molar-refractivity contribution in [2.24, 2.45) is 5.92 Å². The molecule has 1 fully saturated rings. The number of carbonyl (C=O) groups is 2. The molecule has 1 unspecified atom stereocenters. The lowest BCUT2D eigenvalue weighted by atomic mass is 10.0. The number of imidazole rings is 1. The zero-order chi connectivity index (χ0) is 31.6. The second-order valence-corrected chi connectivity index (χ2v) is 11.8. The number of amides is 2. The van der Waals surface area contributed by atoms with Gasteiger partial charge in [0.1, 0.15) is 16.9 Å². The van der Waals surface area contributed by atoms with Crippen LogP contribution in [0, 0.1) is 5.92 Å². The van der Waals surface area contributed by atoms with Gasteiger partial charge in [-0.25, -0.2) is 9.67 Å². The third-order valence-electron chi connectivity index (χ3n) is 7.85. The number of aromatic amines is 1. The summed E-state index contributed by atoms with van der Waals surface area (Å²) >= 11 is 0. The van der Waals surface area contributed by atoms with Crippen LogP contribution in [-0.4, -0.2) is 53.1 Å². The number of hydrogen-bond acceptors (Lipinski definition) is 8. The summed E-state index contributed by atoms with van der Waals surface area (Å²) in [6.45, 7) is 4.70.